The van der Waals surface area contributed by atoms with Gasteiger partial charge in [0.1, 0.15) is 5.76 Å². The summed E-state index contributed by atoms with van der Waals surface area (Å²) < 4.78 is 5.29. The number of likely N-dealkylation sites (tertiary alicyclic amines) is 1. The lowest BCUT2D eigenvalue weighted by molar-refractivity contribution is 0.172. The van der Waals surface area contributed by atoms with Crippen molar-refractivity contribution in [2.45, 2.75) is 33.2 Å². The number of nitrogens with one attached hydrogen (secondary N) is 1. The predicted octanol–water partition coefficient (Wildman–Crippen LogP) is 1.92. The Morgan fingerprint density at radius 3 is 2.88 bits per heavy atom. The van der Waals surface area contributed by atoms with Crippen molar-refractivity contribution >= 4 is 6.03 Å². The molecule has 0 radical (unpaired) electrons. The first-order valence-corrected chi connectivity index (χ1v) is 6.09. The van der Waals surface area contributed by atoms with E-state index in [9.17, 15) is 4.79 Å². The third-order valence-electron chi connectivity index (χ3n) is 3.13. The minimum atomic E-state index is -0.0206. The summed E-state index contributed by atoms with van der Waals surface area (Å²) in [7, 11) is 0. The Balaban J connectivity index is 1.77. The lowest BCUT2D eigenvalue weighted by Crippen LogP contribution is -2.43. The fourth-order valence-corrected chi connectivity index (χ4v) is 1.96. The van der Waals surface area contributed by atoms with E-state index in [4.69, 9.17) is 4.42 Å². The van der Waals surface area contributed by atoms with Crippen LogP contribution in [0.4, 0.5) is 4.79 Å². The quantitative estimate of drug-likeness (QED) is 0.855. The first-order valence-electron chi connectivity index (χ1n) is 6.09. The van der Waals surface area contributed by atoms with Crippen LogP contribution in [0.25, 0.3) is 0 Å². The van der Waals surface area contributed by atoms with E-state index in [1.165, 1.54) is 0 Å². The van der Waals surface area contributed by atoms with E-state index in [0.717, 1.165) is 37.6 Å². The molecule has 0 unspecified atom stereocenters. The monoisotopic (exact) mass is 237 g/mol. The molecule has 1 aromatic rings. The second kappa shape index (κ2) is 5.21. The highest BCUT2D eigenvalue weighted by Crippen LogP contribution is 2.15. The highest BCUT2D eigenvalue weighted by molar-refractivity contribution is 5.74. The molecule has 1 N–H and O–H groups in total. The molecule has 2 rings (SSSR count). The van der Waals surface area contributed by atoms with Crippen molar-refractivity contribution in [3.05, 3.63) is 17.8 Å². The number of hydrogen-bond donors (Lipinski definition) is 1. The van der Waals surface area contributed by atoms with Gasteiger partial charge in [0, 0.05) is 13.1 Å². The first-order chi connectivity index (χ1) is 8.15. The van der Waals surface area contributed by atoms with Gasteiger partial charge in [0.05, 0.1) is 12.7 Å². The molecule has 1 saturated heterocycles. The fraction of sp³-hybridized carbons (Fsp3) is 0.667. The smallest absolute Gasteiger partial charge is 0.317 e. The molecule has 1 fully saturated rings. The molecule has 1 aliphatic rings. The second-order valence-electron chi connectivity index (χ2n) is 4.69. The lowest BCUT2D eigenvalue weighted by atomic mass is 10.00. The number of aromatic nitrogens is 1. The van der Waals surface area contributed by atoms with E-state index in [1.807, 2.05) is 11.8 Å². The van der Waals surface area contributed by atoms with E-state index in [1.54, 1.807) is 6.20 Å². The number of hydrogen-bond acceptors (Lipinski definition) is 3. The first kappa shape index (κ1) is 12.0. The third-order valence-corrected chi connectivity index (χ3v) is 3.13. The van der Waals surface area contributed by atoms with Crippen molar-refractivity contribution in [1.29, 1.82) is 0 Å². The number of piperidine rings is 1. The molecule has 2 heterocycles. The van der Waals surface area contributed by atoms with Crippen LogP contribution in [-0.2, 0) is 6.54 Å². The molecule has 1 aromatic heterocycles. The number of amides is 2. The maximum Gasteiger partial charge on any atom is 0.317 e. The highest BCUT2D eigenvalue weighted by atomic mass is 16.4. The molecule has 0 aliphatic carbocycles. The van der Waals surface area contributed by atoms with Crippen molar-refractivity contribution < 1.29 is 9.21 Å². The molecular formula is C12H19N3O2. The van der Waals surface area contributed by atoms with Crippen LogP contribution in [-0.4, -0.2) is 29.0 Å². The Labute approximate surface area is 101 Å². The SMILES string of the molecule is Cc1cnc(CNC(=O)N2CCC(C)CC2)o1. The number of carbonyl (C=O) groups excluding carboxylic acids is 1. The Morgan fingerprint density at radius 1 is 1.59 bits per heavy atom. The van der Waals surface area contributed by atoms with Crippen molar-refractivity contribution in [1.82, 2.24) is 15.2 Å². The normalized spacial score (nSPS) is 17.2. The lowest BCUT2D eigenvalue weighted by Gasteiger charge is -2.30. The molecule has 17 heavy (non-hydrogen) atoms. The molecule has 94 valence electrons. The van der Waals surface area contributed by atoms with E-state index in [-0.39, 0.29) is 6.03 Å². The Kier molecular flexibility index (Phi) is 3.66. The van der Waals surface area contributed by atoms with Gasteiger partial charge in [-0.3, -0.25) is 0 Å². The number of oxazole rings is 1. The van der Waals surface area contributed by atoms with Gasteiger partial charge < -0.3 is 14.6 Å². The molecule has 5 nitrogen and oxygen atoms in total. The average molecular weight is 237 g/mol. The highest BCUT2D eigenvalue weighted by Gasteiger charge is 2.20. The third kappa shape index (κ3) is 3.22. The van der Waals surface area contributed by atoms with E-state index < -0.39 is 0 Å². The molecule has 0 aromatic carbocycles. The second-order valence-corrected chi connectivity index (χ2v) is 4.69. The minimum Gasteiger partial charge on any atom is -0.444 e. The number of aryl methyl sites for hydroxylation is 1. The molecule has 0 spiro atoms. The summed E-state index contributed by atoms with van der Waals surface area (Å²) in [5.41, 5.74) is 0. The van der Waals surface area contributed by atoms with Crippen LogP contribution in [0.5, 0.6) is 0 Å². The number of urea groups is 1. The van der Waals surface area contributed by atoms with Gasteiger partial charge in [-0.15, -0.1) is 0 Å². The molecule has 0 atom stereocenters. The van der Waals surface area contributed by atoms with E-state index in [2.05, 4.69) is 17.2 Å². The van der Waals surface area contributed by atoms with Crippen LogP contribution in [0.3, 0.4) is 0 Å². The summed E-state index contributed by atoms with van der Waals surface area (Å²) in [4.78, 5) is 17.7. The van der Waals surface area contributed by atoms with Crippen LogP contribution in [0.2, 0.25) is 0 Å². The van der Waals surface area contributed by atoms with Crippen LogP contribution in [0.1, 0.15) is 31.4 Å². The van der Waals surface area contributed by atoms with Gasteiger partial charge in [0.15, 0.2) is 0 Å². The Morgan fingerprint density at radius 2 is 2.29 bits per heavy atom. The number of carbonyl (C=O) groups is 1. The van der Waals surface area contributed by atoms with E-state index >= 15 is 0 Å². The van der Waals surface area contributed by atoms with Gasteiger partial charge >= 0.3 is 6.03 Å². The Hall–Kier alpha value is -1.52. The van der Waals surface area contributed by atoms with Gasteiger partial charge in [-0.2, -0.15) is 0 Å². The summed E-state index contributed by atoms with van der Waals surface area (Å²) in [5.74, 6) is 2.05. The average Bonchev–Trinajstić information content (AvgIpc) is 2.73. The maximum atomic E-state index is 11.8. The molecule has 1 aliphatic heterocycles. The summed E-state index contributed by atoms with van der Waals surface area (Å²) in [6, 6.07) is -0.0206. The largest absolute Gasteiger partial charge is 0.444 e. The van der Waals surface area contributed by atoms with Crippen molar-refractivity contribution in [3.8, 4) is 0 Å². The van der Waals surface area contributed by atoms with Gasteiger partial charge in [0.25, 0.3) is 0 Å². The molecular weight excluding hydrogens is 218 g/mol. The zero-order chi connectivity index (χ0) is 12.3. The molecule has 0 saturated carbocycles. The van der Waals surface area contributed by atoms with Crippen LogP contribution < -0.4 is 5.32 Å². The van der Waals surface area contributed by atoms with Crippen LogP contribution in [0, 0.1) is 12.8 Å². The van der Waals surface area contributed by atoms with Gasteiger partial charge in [-0.25, -0.2) is 9.78 Å². The van der Waals surface area contributed by atoms with Crippen LogP contribution in [0.15, 0.2) is 10.6 Å². The topological polar surface area (TPSA) is 58.4 Å². The number of nitrogens with zero attached hydrogens (tertiary/aromatic N) is 2. The standard InChI is InChI=1S/C12H19N3O2/c1-9-3-5-15(6-4-9)12(16)14-8-11-13-7-10(2)17-11/h7,9H,3-6,8H2,1-2H3,(H,14,16). The fourth-order valence-electron chi connectivity index (χ4n) is 1.96. The van der Waals surface area contributed by atoms with Crippen molar-refractivity contribution in [2.24, 2.45) is 5.92 Å². The van der Waals surface area contributed by atoms with Crippen molar-refractivity contribution in [2.75, 3.05) is 13.1 Å². The summed E-state index contributed by atoms with van der Waals surface area (Å²) in [6.45, 7) is 6.11. The predicted molar refractivity (Wildman–Crippen MR) is 63.4 cm³/mol. The van der Waals surface area contributed by atoms with E-state index in [0.29, 0.717) is 12.4 Å². The Bertz CT molecular complexity index is 381. The zero-order valence-electron chi connectivity index (χ0n) is 10.4. The summed E-state index contributed by atoms with van der Waals surface area (Å²) >= 11 is 0. The molecule has 0 bridgehead atoms. The molecule has 2 amide bonds. The summed E-state index contributed by atoms with van der Waals surface area (Å²) in [5, 5.41) is 2.83. The zero-order valence-corrected chi connectivity index (χ0v) is 10.4. The van der Waals surface area contributed by atoms with Gasteiger partial charge in [-0.1, -0.05) is 6.92 Å². The van der Waals surface area contributed by atoms with Gasteiger partial charge in [-0.05, 0) is 25.7 Å². The minimum absolute atomic E-state index is 0.0206. The summed E-state index contributed by atoms with van der Waals surface area (Å²) in [6.07, 6.45) is 3.83. The maximum absolute atomic E-state index is 11.8. The van der Waals surface area contributed by atoms with Crippen LogP contribution >= 0.6 is 0 Å². The molecule has 5 heteroatoms. The van der Waals surface area contributed by atoms with Crippen molar-refractivity contribution in [3.63, 3.8) is 0 Å². The number of rotatable bonds is 2. The van der Waals surface area contributed by atoms with Gasteiger partial charge in [0.2, 0.25) is 5.89 Å².